The summed E-state index contributed by atoms with van der Waals surface area (Å²) in [7, 11) is -1.53. The molecule has 1 saturated carbocycles. The highest BCUT2D eigenvalue weighted by molar-refractivity contribution is 9.09. The van der Waals surface area contributed by atoms with Crippen molar-refractivity contribution >= 4 is 30.2 Å². The van der Waals surface area contributed by atoms with E-state index in [0.717, 1.165) is 12.8 Å². The minimum absolute atomic E-state index is 0.00525. The average Bonchev–Trinajstić information content (AvgIpc) is 2.45. The lowest BCUT2D eigenvalue weighted by molar-refractivity contribution is -0.147. The molecule has 0 spiro atoms. The first-order valence-corrected chi connectivity index (χ1v) is 10.1. The molecule has 3 nitrogen and oxygen atoms in total. The number of alkyl halides is 1. The van der Waals surface area contributed by atoms with Crippen LogP contribution >= 0.6 is 15.9 Å². The molecule has 0 aromatic rings. The molecule has 0 saturated heterocycles. The zero-order chi connectivity index (χ0) is 12.3. The van der Waals surface area contributed by atoms with E-state index >= 15 is 0 Å². The Morgan fingerprint density at radius 1 is 1.38 bits per heavy atom. The van der Waals surface area contributed by atoms with E-state index in [0.29, 0.717) is 6.61 Å². The Kier molecular flexibility index (Phi) is 5.01. The van der Waals surface area contributed by atoms with Crippen molar-refractivity contribution in [2.75, 3.05) is 6.61 Å². The van der Waals surface area contributed by atoms with Crippen molar-refractivity contribution in [1.29, 1.82) is 0 Å². The lowest BCUT2D eigenvalue weighted by Crippen LogP contribution is -2.34. The third-order valence-electron chi connectivity index (χ3n) is 2.55. The molecule has 94 valence electrons. The molecule has 0 aromatic heterocycles. The maximum Gasteiger partial charge on any atom is 0.309 e. The van der Waals surface area contributed by atoms with E-state index in [1.54, 1.807) is 0 Å². The lowest BCUT2D eigenvalue weighted by atomic mass is 10.1. The monoisotopic (exact) mass is 308 g/mol. The van der Waals surface area contributed by atoms with Crippen LogP contribution in [0.5, 0.6) is 0 Å². The molecule has 1 fully saturated rings. The van der Waals surface area contributed by atoms with E-state index in [4.69, 9.17) is 9.16 Å². The molecule has 16 heavy (non-hydrogen) atoms. The van der Waals surface area contributed by atoms with Crippen LogP contribution in [0.4, 0.5) is 0 Å². The predicted molar refractivity (Wildman–Crippen MR) is 70.3 cm³/mol. The van der Waals surface area contributed by atoms with Gasteiger partial charge in [0, 0.05) is 4.83 Å². The van der Waals surface area contributed by atoms with Crippen molar-refractivity contribution in [2.45, 2.75) is 50.3 Å². The number of rotatable bonds is 4. The van der Waals surface area contributed by atoms with Crippen molar-refractivity contribution in [2.24, 2.45) is 5.92 Å². The van der Waals surface area contributed by atoms with Crippen molar-refractivity contribution in [3.05, 3.63) is 0 Å². The van der Waals surface area contributed by atoms with Gasteiger partial charge in [-0.3, -0.25) is 4.79 Å². The lowest BCUT2D eigenvalue weighted by Gasteiger charge is -2.25. The molecule has 0 aromatic carbocycles. The highest BCUT2D eigenvalue weighted by Crippen LogP contribution is 2.35. The fourth-order valence-corrected chi connectivity index (χ4v) is 4.12. The maximum absolute atomic E-state index is 11.6. The van der Waals surface area contributed by atoms with Crippen molar-refractivity contribution in [1.82, 2.24) is 0 Å². The Hall–Kier alpha value is 0.127. The highest BCUT2D eigenvalue weighted by Gasteiger charge is 2.39. The smallest absolute Gasteiger partial charge is 0.309 e. The third kappa shape index (κ3) is 4.18. The van der Waals surface area contributed by atoms with Crippen LogP contribution in [0.3, 0.4) is 0 Å². The summed E-state index contributed by atoms with van der Waals surface area (Å²) in [5.74, 6) is -0.0701. The summed E-state index contributed by atoms with van der Waals surface area (Å²) in [6, 6.07) is 0. The maximum atomic E-state index is 11.6. The zero-order valence-electron chi connectivity index (χ0n) is 10.5. The van der Waals surface area contributed by atoms with Crippen molar-refractivity contribution < 1.29 is 14.0 Å². The first kappa shape index (κ1) is 14.2. The minimum Gasteiger partial charge on any atom is -0.466 e. The van der Waals surface area contributed by atoms with Gasteiger partial charge in [-0.1, -0.05) is 15.9 Å². The molecule has 1 aliphatic rings. The highest BCUT2D eigenvalue weighted by atomic mass is 79.9. The van der Waals surface area contributed by atoms with E-state index in [1.807, 2.05) is 6.92 Å². The Labute approximate surface area is 107 Å². The van der Waals surface area contributed by atoms with Crippen LogP contribution in [0.25, 0.3) is 0 Å². The molecule has 0 bridgehead atoms. The average molecular weight is 309 g/mol. The summed E-state index contributed by atoms with van der Waals surface area (Å²) in [4.78, 5) is 11.9. The van der Waals surface area contributed by atoms with Crippen LogP contribution < -0.4 is 0 Å². The molecular formula is C11H21BrO3Si. The summed E-state index contributed by atoms with van der Waals surface area (Å²) in [5, 5.41) is 0. The van der Waals surface area contributed by atoms with Gasteiger partial charge in [-0.15, -0.1) is 0 Å². The SMILES string of the molecule is CCOC(=O)[C@H]1C[C@H](O[Si](C)(C)C)[C@@H](Br)C1. The summed E-state index contributed by atoms with van der Waals surface area (Å²) in [6.45, 7) is 8.82. The quantitative estimate of drug-likeness (QED) is 0.455. The van der Waals surface area contributed by atoms with E-state index in [9.17, 15) is 4.79 Å². The van der Waals surface area contributed by atoms with Gasteiger partial charge in [-0.25, -0.2) is 0 Å². The van der Waals surface area contributed by atoms with Gasteiger partial charge in [-0.2, -0.15) is 0 Å². The molecule has 1 rings (SSSR count). The van der Waals surface area contributed by atoms with E-state index < -0.39 is 8.32 Å². The molecule has 1 aliphatic carbocycles. The van der Waals surface area contributed by atoms with Crippen LogP contribution in [-0.2, 0) is 14.0 Å². The largest absolute Gasteiger partial charge is 0.466 e. The van der Waals surface area contributed by atoms with Gasteiger partial charge in [0.15, 0.2) is 8.32 Å². The van der Waals surface area contributed by atoms with Crippen molar-refractivity contribution in [3.8, 4) is 0 Å². The summed E-state index contributed by atoms with van der Waals surface area (Å²) in [5.41, 5.74) is 0. The number of hydrogen-bond donors (Lipinski definition) is 0. The molecule has 5 heteroatoms. The molecule has 0 unspecified atom stereocenters. The topological polar surface area (TPSA) is 35.5 Å². The Balaban J connectivity index is 2.50. The van der Waals surface area contributed by atoms with Crippen LogP contribution in [-0.4, -0.2) is 31.8 Å². The molecular weight excluding hydrogens is 288 g/mol. The normalized spacial score (nSPS) is 30.4. The molecule has 0 radical (unpaired) electrons. The summed E-state index contributed by atoms with van der Waals surface area (Å²) >= 11 is 3.61. The number of ether oxygens (including phenoxy) is 1. The van der Waals surface area contributed by atoms with Crippen molar-refractivity contribution in [3.63, 3.8) is 0 Å². The number of esters is 1. The predicted octanol–water partition coefficient (Wildman–Crippen LogP) is 2.94. The fourth-order valence-electron chi connectivity index (χ4n) is 1.98. The Morgan fingerprint density at radius 3 is 2.50 bits per heavy atom. The van der Waals surface area contributed by atoms with Gasteiger partial charge >= 0.3 is 5.97 Å². The van der Waals surface area contributed by atoms with Gasteiger partial charge in [0.2, 0.25) is 0 Å². The first-order chi connectivity index (χ1) is 7.33. The second-order valence-electron chi connectivity index (χ2n) is 5.21. The first-order valence-electron chi connectivity index (χ1n) is 5.82. The second-order valence-corrected chi connectivity index (χ2v) is 10.8. The van der Waals surface area contributed by atoms with Gasteiger partial charge in [0.25, 0.3) is 0 Å². The fraction of sp³-hybridized carbons (Fsp3) is 0.909. The third-order valence-corrected chi connectivity index (χ3v) is 4.53. The van der Waals surface area contributed by atoms with Crippen LogP contribution in [0, 0.1) is 5.92 Å². The summed E-state index contributed by atoms with van der Waals surface area (Å²) in [6.07, 6.45) is 1.79. The second kappa shape index (κ2) is 5.64. The van der Waals surface area contributed by atoms with E-state index in [2.05, 4.69) is 35.6 Å². The number of halogens is 1. The molecule has 3 atom stereocenters. The number of carbonyl (C=O) groups excluding carboxylic acids is 1. The van der Waals surface area contributed by atoms with Gasteiger partial charge in [0.1, 0.15) is 0 Å². The Bertz CT molecular complexity index is 252. The van der Waals surface area contributed by atoms with Gasteiger partial charge < -0.3 is 9.16 Å². The number of carbonyl (C=O) groups is 1. The van der Waals surface area contributed by atoms with Crippen LogP contribution in [0.15, 0.2) is 0 Å². The molecule has 0 heterocycles. The molecule has 0 N–H and O–H groups in total. The number of hydrogen-bond acceptors (Lipinski definition) is 3. The van der Waals surface area contributed by atoms with Gasteiger partial charge in [-0.05, 0) is 39.4 Å². The minimum atomic E-state index is -1.53. The molecule has 0 amide bonds. The van der Waals surface area contributed by atoms with Crippen LogP contribution in [0.2, 0.25) is 19.6 Å². The van der Waals surface area contributed by atoms with Gasteiger partial charge in [0.05, 0.1) is 18.6 Å². The van der Waals surface area contributed by atoms with Crippen LogP contribution in [0.1, 0.15) is 19.8 Å². The van der Waals surface area contributed by atoms with E-state index in [-0.39, 0.29) is 22.8 Å². The molecule has 0 aliphatic heterocycles. The standard InChI is InChI=1S/C11H21BrO3Si/c1-5-14-11(13)8-6-9(12)10(7-8)15-16(2,3)4/h8-10H,5-7H2,1-4H3/t8-,9+,10+/m1/s1. The summed E-state index contributed by atoms with van der Waals surface area (Å²) < 4.78 is 11.1. The Morgan fingerprint density at radius 2 is 2.00 bits per heavy atom. The zero-order valence-corrected chi connectivity index (χ0v) is 13.0. The van der Waals surface area contributed by atoms with E-state index in [1.165, 1.54) is 0 Å².